The van der Waals surface area contributed by atoms with Crippen LogP contribution in [0.15, 0.2) is 10.3 Å². The number of amidine groups is 1. The topological polar surface area (TPSA) is 51.8 Å². The van der Waals surface area contributed by atoms with E-state index in [1.165, 1.54) is 5.01 Å². The summed E-state index contributed by atoms with van der Waals surface area (Å²) in [7, 11) is 1.59. The highest BCUT2D eigenvalue weighted by atomic mass is 15.5. The number of nitrogens with zero attached hydrogens (tertiary/aromatic N) is 3. The van der Waals surface area contributed by atoms with Gasteiger partial charge in [0, 0.05) is 6.54 Å². The molecule has 0 aromatic rings. The summed E-state index contributed by atoms with van der Waals surface area (Å²) in [5.74, 6) is 0.420. The van der Waals surface area contributed by atoms with Gasteiger partial charge in [-0.15, -0.1) is 0 Å². The third-order valence-electron chi connectivity index (χ3n) is 0.884. The van der Waals surface area contributed by atoms with Gasteiger partial charge in [0.25, 0.3) is 0 Å². The molecule has 0 fully saturated rings. The first-order valence-corrected chi connectivity index (χ1v) is 2.84. The largest absolute Gasteiger partial charge is 0.287 e. The number of hydrogen-bond donors (Lipinski definition) is 1. The fourth-order valence-electron chi connectivity index (χ4n) is 0.475. The molecule has 0 aromatic carbocycles. The van der Waals surface area contributed by atoms with Crippen LogP contribution in [0.4, 0.5) is 0 Å². The molecular weight excluding hydrogens is 116 g/mol. The molecule has 0 aliphatic carbocycles. The predicted molar refractivity (Wildman–Crippen MR) is 36.6 cm³/mol. The van der Waals surface area contributed by atoms with Crippen LogP contribution in [-0.4, -0.2) is 24.4 Å². The predicted octanol–water partition coefficient (Wildman–Crippen LogP) is 1.30. The molecule has 52 valence electrons. The lowest BCUT2D eigenvalue weighted by molar-refractivity contribution is 0.432. The lowest BCUT2D eigenvalue weighted by Gasteiger charge is -2.11. The van der Waals surface area contributed by atoms with E-state index in [0.717, 1.165) is 0 Å². The van der Waals surface area contributed by atoms with Crippen molar-refractivity contribution in [2.24, 2.45) is 10.3 Å². The van der Waals surface area contributed by atoms with Crippen LogP contribution in [0.3, 0.4) is 0 Å². The van der Waals surface area contributed by atoms with Crippen LogP contribution in [0, 0.1) is 5.41 Å². The molecule has 0 aliphatic heterocycles. The number of nitrogens with one attached hydrogen (secondary N) is 1. The Labute approximate surface area is 55.1 Å². The first-order chi connectivity index (χ1) is 4.22. The van der Waals surface area contributed by atoms with E-state index in [-0.39, 0.29) is 0 Å². The van der Waals surface area contributed by atoms with Gasteiger partial charge in [-0.1, -0.05) is 5.22 Å². The van der Waals surface area contributed by atoms with Crippen molar-refractivity contribution >= 4 is 5.84 Å². The molecule has 0 rings (SSSR count). The van der Waals surface area contributed by atoms with Crippen LogP contribution in [-0.2, 0) is 0 Å². The van der Waals surface area contributed by atoms with E-state index in [1.807, 2.05) is 6.92 Å². The quantitative estimate of drug-likeness (QED) is 0.259. The summed E-state index contributed by atoms with van der Waals surface area (Å²) in [4.78, 5) is 0. The second-order valence-electron chi connectivity index (χ2n) is 1.59. The molecule has 0 amide bonds. The molecule has 4 heteroatoms. The first-order valence-electron chi connectivity index (χ1n) is 2.84. The van der Waals surface area contributed by atoms with Gasteiger partial charge in [0.05, 0.1) is 7.05 Å². The van der Waals surface area contributed by atoms with Crippen molar-refractivity contribution in [3.63, 3.8) is 0 Å². The number of rotatable bonds is 2. The van der Waals surface area contributed by atoms with Crippen molar-refractivity contribution in [3.05, 3.63) is 0 Å². The zero-order chi connectivity index (χ0) is 7.28. The Morgan fingerprint density at radius 3 is 2.33 bits per heavy atom. The zero-order valence-electron chi connectivity index (χ0n) is 6.05. The van der Waals surface area contributed by atoms with Crippen molar-refractivity contribution in [1.82, 2.24) is 5.01 Å². The highest BCUT2D eigenvalue weighted by Crippen LogP contribution is 1.89. The van der Waals surface area contributed by atoms with Gasteiger partial charge in [-0.3, -0.25) is 5.41 Å². The Morgan fingerprint density at radius 2 is 2.22 bits per heavy atom. The van der Waals surface area contributed by atoms with Crippen LogP contribution < -0.4 is 0 Å². The van der Waals surface area contributed by atoms with E-state index in [4.69, 9.17) is 5.41 Å². The zero-order valence-corrected chi connectivity index (χ0v) is 6.05. The lowest BCUT2D eigenvalue weighted by atomic mass is 10.6. The fourth-order valence-corrected chi connectivity index (χ4v) is 0.475. The smallest absolute Gasteiger partial charge is 0.115 e. The van der Waals surface area contributed by atoms with Gasteiger partial charge in [-0.25, -0.2) is 5.01 Å². The Hall–Kier alpha value is -0.930. The van der Waals surface area contributed by atoms with Crippen molar-refractivity contribution in [3.8, 4) is 0 Å². The van der Waals surface area contributed by atoms with E-state index in [1.54, 1.807) is 14.0 Å². The summed E-state index contributed by atoms with van der Waals surface area (Å²) in [6.45, 7) is 4.30. The molecular formula is C5H12N4. The van der Waals surface area contributed by atoms with Crippen LogP contribution in [0.5, 0.6) is 0 Å². The normalized spacial score (nSPS) is 10.1. The molecule has 0 aromatic heterocycles. The summed E-state index contributed by atoms with van der Waals surface area (Å²) in [5.41, 5.74) is 0. The minimum Gasteiger partial charge on any atom is -0.287 e. The maximum atomic E-state index is 7.13. The summed E-state index contributed by atoms with van der Waals surface area (Å²) >= 11 is 0. The molecule has 0 saturated heterocycles. The average molecular weight is 128 g/mol. The molecule has 0 bridgehead atoms. The van der Waals surface area contributed by atoms with E-state index >= 15 is 0 Å². The third-order valence-corrected chi connectivity index (χ3v) is 0.884. The summed E-state index contributed by atoms with van der Waals surface area (Å²) < 4.78 is 0. The standard InChI is InChI=1S/C5H12N4/c1-4-9(5(2)6)8-7-3/h6H,4H2,1-3H3/b6-5?,8-7-. The van der Waals surface area contributed by atoms with Crippen molar-refractivity contribution in [2.75, 3.05) is 13.6 Å². The maximum absolute atomic E-state index is 7.13. The summed E-state index contributed by atoms with van der Waals surface area (Å²) in [6.07, 6.45) is 0. The monoisotopic (exact) mass is 128 g/mol. The molecule has 0 heterocycles. The van der Waals surface area contributed by atoms with Crippen molar-refractivity contribution in [2.45, 2.75) is 13.8 Å². The van der Waals surface area contributed by atoms with Gasteiger partial charge in [0.1, 0.15) is 5.84 Å². The highest BCUT2D eigenvalue weighted by Gasteiger charge is 1.96. The Kier molecular flexibility index (Phi) is 3.59. The minimum absolute atomic E-state index is 0.420. The van der Waals surface area contributed by atoms with Gasteiger partial charge in [-0.05, 0) is 13.8 Å². The van der Waals surface area contributed by atoms with Crippen LogP contribution in [0.2, 0.25) is 0 Å². The summed E-state index contributed by atoms with van der Waals surface area (Å²) in [5, 5.41) is 15.9. The Balaban J connectivity index is 3.83. The van der Waals surface area contributed by atoms with Crippen LogP contribution in [0.1, 0.15) is 13.8 Å². The molecule has 0 spiro atoms. The van der Waals surface area contributed by atoms with E-state index in [9.17, 15) is 0 Å². The van der Waals surface area contributed by atoms with Crippen LogP contribution in [0.25, 0.3) is 0 Å². The van der Waals surface area contributed by atoms with E-state index < -0.39 is 0 Å². The van der Waals surface area contributed by atoms with Crippen molar-refractivity contribution in [1.29, 1.82) is 5.41 Å². The number of hydrogen-bond acceptors (Lipinski definition) is 3. The molecule has 4 nitrogen and oxygen atoms in total. The van der Waals surface area contributed by atoms with Crippen molar-refractivity contribution < 1.29 is 0 Å². The molecule has 1 N–H and O–H groups in total. The molecule has 0 radical (unpaired) electrons. The first kappa shape index (κ1) is 8.07. The molecule has 0 aliphatic rings. The highest BCUT2D eigenvalue weighted by molar-refractivity contribution is 5.75. The van der Waals surface area contributed by atoms with Gasteiger partial charge in [0.15, 0.2) is 0 Å². The van der Waals surface area contributed by atoms with E-state index in [0.29, 0.717) is 12.4 Å². The minimum atomic E-state index is 0.420. The van der Waals surface area contributed by atoms with Gasteiger partial charge < -0.3 is 0 Å². The van der Waals surface area contributed by atoms with Crippen LogP contribution >= 0.6 is 0 Å². The van der Waals surface area contributed by atoms with Gasteiger partial charge in [-0.2, -0.15) is 5.11 Å². The molecule has 0 unspecified atom stereocenters. The SMILES string of the molecule is CCN(/N=N\C)C(C)=N. The fraction of sp³-hybridized carbons (Fsp3) is 0.800. The summed E-state index contributed by atoms with van der Waals surface area (Å²) in [6, 6.07) is 0. The molecule has 0 saturated carbocycles. The molecule has 0 atom stereocenters. The lowest BCUT2D eigenvalue weighted by Crippen LogP contribution is -2.20. The second-order valence-corrected chi connectivity index (χ2v) is 1.59. The van der Waals surface area contributed by atoms with Gasteiger partial charge in [0.2, 0.25) is 0 Å². The second kappa shape index (κ2) is 4.00. The molecule has 9 heavy (non-hydrogen) atoms. The van der Waals surface area contributed by atoms with E-state index in [2.05, 4.69) is 10.3 Å². The third kappa shape index (κ3) is 2.79. The Morgan fingerprint density at radius 1 is 1.67 bits per heavy atom. The average Bonchev–Trinajstić information content (AvgIpc) is 1.82. The Bertz CT molecular complexity index is 118. The maximum Gasteiger partial charge on any atom is 0.115 e. The van der Waals surface area contributed by atoms with Gasteiger partial charge >= 0.3 is 0 Å².